The van der Waals surface area contributed by atoms with Crippen LogP contribution in [0.4, 0.5) is 0 Å². The van der Waals surface area contributed by atoms with Crippen molar-refractivity contribution in [1.29, 1.82) is 0 Å². The lowest BCUT2D eigenvalue weighted by atomic mass is 10.1. The van der Waals surface area contributed by atoms with Crippen molar-refractivity contribution in [3.8, 4) is 0 Å². The van der Waals surface area contributed by atoms with Crippen molar-refractivity contribution in [1.82, 2.24) is 5.32 Å². The zero-order valence-corrected chi connectivity index (χ0v) is 11.7. The first kappa shape index (κ1) is 17.1. The summed E-state index contributed by atoms with van der Waals surface area (Å²) in [6, 6.07) is 0. The third kappa shape index (κ3) is 13.1. The van der Waals surface area contributed by atoms with Gasteiger partial charge in [-0.25, -0.2) is 0 Å². The van der Waals surface area contributed by atoms with Crippen LogP contribution in [0.2, 0.25) is 0 Å². The molecule has 0 saturated heterocycles. The lowest BCUT2D eigenvalue weighted by molar-refractivity contribution is -0.121. The fourth-order valence-corrected chi connectivity index (χ4v) is 1.88. The smallest absolute Gasteiger partial charge is 0.219 e. The minimum absolute atomic E-state index is 0.104. The Morgan fingerprint density at radius 1 is 0.944 bits per heavy atom. The van der Waals surface area contributed by atoms with Gasteiger partial charge in [-0.1, -0.05) is 57.0 Å². The summed E-state index contributed by atoms with van der Waals surface area (Å²) in [7, 11) is 0. The summed E-state index contributed by atoms with van der Waals surface area (Å²) in [6.07, 6.45) is 11.2. The van der Waals surface area contributed by atoms with Gasteiger partial charge >= 0.3 is 0 Å². The number of nitrogens with zero attached hydrogens (tertiary/aromatic N) is 1. The van der Waals surface area contributed by atoms with Crippen LogP contribution in [0, 0.1) is 4.91 Å². The maximum atomic E-state index is 11.4. The molecule has 0 rings (SSSR count). The quantitative estimate of drug-likeness (QED) is 0.402. The third-order valence-corrected chi connectivity index (χ3v) is 3.01. The van der Waals surface area contributed by atoms with Crippen molar-refractivity contribution in [3.63, 3.8) is 0 Å². The number of amides is 1. The molecule has 0 saturated carbocycles. The predicted molar refractivity (Wildman–Crippen MR) is 75.5 cm³/mol. The number of hydrogen-bond donors (Lipinski definition) is 1. The average Bonchev–Trinajstić information content (AvgIpc) is 2.38. The third-order valence-electron chi connectivity index (χ3n) is 3.01. The maximum Gasteiger partial charge on any atom is 0.219 e. The molecule has 1 N–H and O–H groups in total. The molecule has 0 aromatic carbocycles. The molecule has 0 heterocycles. The summed E-state index contributed by atoms with van der Waals surface area (Å²) in [5.41, 5.74) is 0. The Kier molecular flexibility index (Phi) is 13.4. The Bertz CT molecular complexity index is 208. The molecular formula is C14H28N2O2. The summed E-state index contributed by atoms with van der Waals surface area (Å²) < 4.78 is 0. The second kappa shape index (κ2) is 14.1. The number of nitrogens with one attached hydrogen (secondary N) is 1. The van der Waals surface area contributed by atoms with Gasteiger partial charge in [-0.3, -0.25) is 4.79 Å². The maximum absolute atomic E-state index is 11.4. The van der Waals surface area contributed by atoms with Crippen LogP contribution < -0.4 is 5.32 Å². The fourth-order valence-electron chi connectivity index (χ4n) is 1.88. The van der Waals surface area contributed by atoms with Crippen molar-refractivity contribution in [3.05, 3.63) is 4.91 Å². The van der Waals surface area contributed by atoms with Gasteiger partial charge in [0.05, 0.1) is 6.54 Å². The van der Waals surface area contributed by atoms with Gasteiger partial charge in [0.15, 0.2) is 0 Å². The first-order valence-corrected chi connectivity index (χ1v) is 7.37. The van der Waals surface area contributed by atoms with Crippen LogP contribution in [0.25, 0.3) is 0 Å². The normalized spacial score (nSPS) is 10.3. The van der Waals surface area contributed by atoms with Crippen LogP contribution in [-0.2, 0) is 4.79 Å². The highest BCUT2D eigenvalue weighted by atomic mass is 16.3. The molecule has 0 aliphatic heterocycles. The highest BCUT2D eigenvalue weighted by molar-refractivity contribution is 5.75. The van der Waals surface area contributed by atoms with E-state index in [1.807, 2.05) is 0 Å². The number of unbranched alkanes of at least 4 members (excludes halogenated alkanes) is 7. The number of carbonyl (C=O) groups excluding carboxylic acids is 1. The summed E-state index contributed by atoms with van der Waals surface area (Å²) in [6.45, 7) is 3.09. The first-order valence-electron chi connectivity index (χ1n) is 7.37. The van der Waals surface area contributed by atoms with E-state index in [1.54, 1.807) is 0 Å². The van der Waals surface area contributed by atoms with E-state index in [0.717, 1.165) is 12.8 Å². The van der Waals surface area contributed by atoms with Crippen molar-refractivity contribution >= 4 is 5.91 Å². The Labute approximate surface area is 111 Å². The second-order valence-corrected chi connectivity index (χ2v) is 4.78. The molecule has 0 radical (unpaired) electrons. The Hall–Kier alpha value is -0.930. The van der Waals surface area contributed by atoms with Gasteiger partial charge in [-0.2, -0.15) is 4.91 Å². The molecule has 0 bridgehead atoms. The molecule has 0 aliphatic carbocycles. The first-order chi connectivity index (χ1) is 8.81. The highest BCUT2D eigenvalue weighted by Gasteiger charge is 2.00. The van der Waals surface area contributed by atoms with Gasteiger partial charge in [-0.15, -0.1) is 0 Å². The minimum Gasteiger partial charge on any atom is -0.356 e. The SMILES string of the molecule is CCCCCCCCCCC(=O)NCCCN=O. The van der Waals surface area contributed by atoms with Crippen LogP contribution >= 0.6 is 0 Å². The molecule has 1 amide bonds. The molecule has 0 spiro atoms. The lowest BCUT2D eigenvalue weighted by Crippen LogP contribution is -2.24. The van der Waals surface area contributed by atoms with Crippen LogP contribution in [-0.4, -0.2) is 19.0 Å². The van der Waals surface area contributed by atoms with Gasteiger partial charge in [0.1, 0.15) is 0 Å². The van der Waals surface area contributed by atoms with Crippen LogP contribution in [0.5, 0.6) is 0 Å². The van der Waals surface area contributed by atoms with Crippen LogP contribution in [0.15, 0.2) is 5.18 Å². The van der Waals surface area contributed by atoms with E-state index in [0.29, 0.717) is 19.4 Å². The van der Waals surface area contributed by atoms with E-state index in [4.69, 9.17) is 0 Å². The Balaban J connectivity index is 3.12. The van der Waals surface area contributed by atoms with E-state index >= 15 is 0 Å². The number of rotatable bonds is 13. The Morgan fingerprint density at radius 3 is 2.17 bits per heavy atom. The summed E-state index contributed by atoms with van der Waals surface area (Å²) in [5.74, 6) is 0.104. The molecule has 0 aromatic rings. The topological polar surface area (TPSA) is 58.5 Å². The average molecular weight is 256 g/mol. The molecular weight excluding hydrogens is 228 g/mol. The molecule has 4 heteroatoms. The molecule has 4 nitrogen and oxygen atoms in total. The van der Waals surface area contributed by atoms with Crippen molar-refractivity contribution in [2.24, 2.45) is 5.18 Å². The van der Waals surface area contributed by atoms with E-state index in [-0.39, 0.29) is 12.5 Å². The van der Waals surface area contributed by atoms with Crippen LogP contribution in [0.3, 0.4) is 0 Å². The molecule has 0 aromatic heterocycles. The van der Waals surface area contributed by atoms with Crippen molar-refractivity contribution < 1.29 is 4.79 Å². The monoisotopic (exact) mass is 256 g/mol. The van der Waals surface area contributed by atoms with E-state index in [1.165, 1.54) is 38.5 Å². The number of nitroso groups, excluding NO2 is 1. The van der Waals surface area contributed by atoms with Gasteiger partial charge in [0, 0.05) is 13.0 Å². The molecule has 0 aliphatic rings. The highest BCUT2D eigenvalue weighted by Crippen LogP contribution is 2.09. The fraction of sp³-hybridized carbons (Fsp3) is 0.929. The van der Waals surface area contributed by atoms with Crippen molar-refractivity contribution in [2.75, 3.05) is 13.1 Å². The van der Waals surface area contributed by atoms with Crippen LogP contribution in [0.1, 0.15) is 71.1 Å². The van der Waals surface area contributed by atoms with E-state index in [9.17, 15) is 9.70 Å². The summed E-state index contributed by atoms with van der Waals surface area (Å²) in [5, 5.41) is 5.55. The van der Waals surface area contributed by atoms with E-state index < -0.39 is 0 Å². The Morgan fingerprint density at radius 2 is 1.56 bits per heavy atom. The van der Waals surface area contributed by atoms with Gasteiger partial charge in [-0.05, 0) is 12.8 Å². The zero-order valence-electron chi connectivity index (χ0n) is 11.7. The van der Waals surface area contributed by atoms with Gasteiger partial charge in [0.25, 0.3) is 0 Å². The molecule has 106 valence electrons. The van der Waals surface area contributed by atoms with Gasteiger partial charge in [0.2, 0.25) is 5.91 Å². The summed E-state index contributed by atoms with van der Waals surface area (Å²) >= 11 is 0. The molecule has 0 atom stereocenters. The number of carbonyl (C=O) groups is 1. The molecule has 0 fully saturated rings. The largest absolute Gasteiger partial charge is 0.356 e. The minimum atomic E-state index is 0.104. The van der Waals surface area contributed by atoms with E-state index in [2.05, 4.69) is 17.4 Å². The lowest BCUT2D eigenvalue weighted by Gasteiger charge is -2.04. The van der Waals surface area contributed by atoms with Crippen molar-refractivity contribution in [2.45, 2.75) is 71.1 Å². The second-order valence-electron chi connectivity index (χ2n) is 4.78. The standard InChI is InChI=1S/C14H28N2O2/c1-2-3-4-5-6-7-8-9-11-14(17)15-12-10-13-16-18/h2-13H2,1H3,(H,15,17). The molecule has 0 unspecified atom stereocenters. The van der Waals surface area contributed by atoms with Gasteiger partial charge < -0.3 is 5.32 Å². The summed E-state index contributed by atoms with van der Waals surface area (Å²) in [4.78, 5) is 21.2. The number of hydrogen-bond acceptors (Lipinski definition) is 3. The predicted octanol–water partition coefficient (Wildman–Crippen LogP) is 3.79. The molecule has 18 heavy (non-hydrogen) atoms. The zero-order chi connectivity index (χ0) is 13.5.